The third-order valence-corrected chi connectivity index (χ3v) is 20.5. The Balaban J connectivity index is 5.20. The van der Waals surface area contributed by atoms with Gasteiger partial charge in [0.2, 0.25) is 0 Å². The highest BCUT2D eigenvalue weighted by Crippen LogP contribution is 2.45. The molecule has 17 nitrogen and oxygen atoms in total. The Morgan fingerprint density at radius 3 is 0.784 bits per heavy atom. The van der Waals surface area contributed by atoms with Gasteiger partial charge in [-0.1, -0.05) is 356 Å². The van der Waals surface area contributed by atoms with E-state index in [-0.39, 0.29) is 25.7 Å². The van der Waals surface area contributed by atoms with E-state index in [4.69, 9.17) is 37.0 Å². The Morgan fingerprint density at radius 2 is 0.526 bits per heavy atom. The number of aliphatic hydroxyl groups excluding tert-OH is 1. The number of ether oxygens (including phenoxy) is 4. The highest BCUT2D eigenvalue weighted by molar-refractivity contribution is 7.47. The number of aliphatic hydroxyl groups is 1. The minimum Gasteiger partial charge on any atom is -0.462 e. The van der Waals surface area contributed by atoms with Gasteiger partial charge in [0.25, 0.3) is 0 Å². The standard InChI is InChI=1S/C78H152O17P2/c1-7-10-12-14-16-18-20-22-23-24-25-26-27-28-29-31-33-39-43-51-57-63-77(82)94-73(66-88-75(80)60-54-48-41-37-35-34-36-40-47-53-59-71(6)9-3)68-92-96(84,85)90-64-72(79)65-91-97(86,87)93-69-74(67-89-76(81)61-55-49-45-44-46-52-58-70(4)5)95-78(83)62-56-50-42-38-32-30-21-19-17-15-13-11-8-2/h70-74,79H,7-69H2,1-6H3,(H,84,85)(H,86,87)/t71?,72-,73-,74-/m1/s1. The van der Waals surface area contributed by atoms with Crippen molar-refractivity contribution in [1.29, 1.82) is 0 Å². The fourth-order valence-corrected chi connectivity index (χ4v) is 13.6. The van der Waals surface area contributed by atoms with Gasteiger partial charge in [0.15, 0.2) is 12.2 Å². The molecule has 97 heavy (non-hydrogen) atoms. The van der Waals surface area contributed by atoms with Crippen molar-refractivity contribution in [2.45, 2.75) is 426 Å². The third kappa shape index (κ3) is 70.9. The van der Waals surface area contributed by atoms with Crippen LogP contribution in [0, 0.1) is 11.8 Å². The van der Waals surface area contributed by atoms with Crippen molar-refractivity contribution in [3.63, 3.8) is 0 Å². The minimum atomic E-state index is -4.96. The molecule has 0 fully saturated rings. The summed E-state index contributed by atoms with van der Waals surface area (Å²) in [6, 6.07) is 0. The molecule has 0 heterocycles. The molecule has 0 amide bonds. The Labute approximate surface area is 594 Å². The molecule has 0 aliphatic rings. The monoisotopic (exact) mass is 1420 g/mol. The van der Waals surface area contributed by atoms with Crippen LogP contribution in [0.3, 0.4) is 0 Å². The van der Waals surface area contributed by atoms with E-state index in [1.807, 2.05) is 0 Å². The van der Waals surface area contributed by atoms with Crippen LogP contribution in [0.25, 0.3) is 0 Å². The van der Waals surface area contributed by atoms with Crippen LogP contribution >= 0.6 is 15.6 Å². The van der Waals surface area contributed by atoms with Gasteiger partial charge in [-0.05, 0) is 37.5 Å². The van der Waals surface area contributed by atoms with Crippen LogP contribution in [-0.2, 0) is 65.4 Å². The highest BCUT2D eigenvalue weighted by Gasteiger charge is 2.30. The molecular weight excluding hydrogens is 1270 g/mol. The average Bonchev–Trinajstić information content (AvgIpc) is 1.08. The van der Waals surface area contributed by atoms with Gasteiger partial charge in [-0.2, -0.15) is 0 Å². The zero-order chi connectivity index (χ0) is 71.4. The molecule has 3 N–H and O–H groups in total. The number of phosphoric acid groups is 2. The number of carbonyl (C=O) groups excluding carboxylic acids is 4. The molecule has 576 valence electrons. The number of esters is 4. The fourth-order valence-electron chi connectivity index (χ4n) is 12.0. The van der Waals surface area contributed by atoms with E-state index in [1.54, 1.807) is 0 Å². The Hall–Kier alpha value is -1.94. The first-order valence-electron chi connectivity index (χ1n) is 40.5. The zero-order valence-electron chi connectivity index (χ0n) is 63.4. The number of hydrogen-bond acceptors (Lipinski definition) is 15. The molecule has 0 aliphatic carbocycles. The average molecular weight is 1420 g/mol. The molecule has 0 bridgehead atoms. The molecule has 0 aromatic rings. The highest BCUT2D eigenvalue weighted by atomic mass is 31.2. The summed E-state index contributed by atoms with van der Waals surface area (Å²) in [6.45, 7) is 9.55. The van der Waals surface area contributed by atoms with Crippen molar-refractivity contribution in [3.05, 3.63) is 0 Å². The summed E-state index contributed by atoms with van der Waals surface area (Å²) in [5.74, 6) is -0.626. The van der Waals surface area contributed by atoms with Crippen LogP contribution in [0.4, 0.5) is 0 Å². The van der Waals surface area contributed by atoms with E-state index in [9.17, 15) is 43.2 Å². The second kappa shape index (κ2) is 69.8. The summed E-state index contributed by atoms with van der Waals surface area (Å²) in [6.07, 6.45) is 58.4. The van der Waals surface area contributed by atoms with Crippen LogP contribution in [-0.4, -0.2) is 96.7 Å². The van der Waals surface area contributed by atoms with Gasteiger partial charge in [-0.25, -0.2) is 9.13 Å². The van der Waals surface area contributed by atoms with Gasteiger partial charge < -0.3 is 33.8 Å². The predicted octanol–water partition coefficient (Wildman–Crippen LogP) is 23.1. The lowest BCUT2D eigenvalue weighted by Crippen LogP contribution is -2.30. The molecule has 0 saturated heterocycles. The minimum absolute atomic E-state index is 0.107. The van der Waals surface area contributed by atoms with E-state index in [1.165, 1.54) is 218 Å². The van der Waals surface area contributed by atoms with Crippen LogP contribution in [0.2, 0.25) is 0 Å². The molecule has 0 saturated carbocycles. The molecule has 6 atom stereocenters. The summed E-state index contributed by atoms with van der Waals surface area (Å²) < 4.78 is 68.6. The fraction of sp³-hybridized carbons (Fsp3) is 0.949. The van der Waals surface area contributed by atoms with Gasteiger partial charge in [0.05, 0.1) is 26.4 Å². The van der Waals surface area contributed by atoms with Gasteiger partial charge >= 0.3 is 39.5 Å². The first-order chi connectivity index (χ1) is 46.9. The summed E-state index contributed by atoms with van der Waals surface area (Å²) in [5, 5.41) is 10.6. The molecule has 0 rings (SSSR count). The number of phosphoric ester groups is 2. The molecule has 0 radical (unpaired) electrons. The second-order valence-electron chi connectivity index (χ2n) is 28.8. The second-order valence-corrected chi connectivity index (χ2v) is 31.7. The Morgan fingerprint density at radius 1 is 0.299 bits per heavy atom. The van der Waals surface area contributed by atoms with Crippen molar-refractivity contribution < 1.29 is 80.2 Å². The maximum atomic E-state index is 13.1. The number of hydrogen-bond donors (Lipinski definition) is 3. The van der Waals surface area contributed by atoms with Gasteiger partial charge in [-0.3, -0.25) is 37.3 Å². The van der Waals surface area contributed by atoms with E-state index >= 15 is 0 Å². The lowest BCUT2D eigenvalue weighted by Gasteiger charge is -2.21. The number of unbranched alkanes of at least 4 members (excludes halogenated alkanes) is 46. The maximum absolute atomic E-state index is 13.1. The van der Waals surface area contributed by atoms with Crippen molar-refractivity contribution in [2.75, 3.05) is 39.6 Å². The van der Waals surface area contributed by atoms with Crippen LogP contribution in [0.15, 0.2) is 0 Å². The van der Waals surface area contributed by atoms with Gasteiger partial charge in [-0.15, -0.1) is 0 Å². The molecule has 0 aliphatic heterocycles. The Bertz CT molecular complexity index is 1870. The zero-order valence-corrected chi connectivity index (χ0v) is 65.2. The number of rotatable bonds is 77. The molecule has 19 heteroatoms. The SMILES string of the molecule is CCCCCCCCCCCCCCCCCCCCCCCC(=O)O[C@H](COC(=O)CCCCCCCCCCCCC(C)CC)COP(=O)(O)OC[C@@H](O)COP(=O)(O)OC[C@@H](COC(=O)CCCCCCCCC(C)C)OC(=O)CCCCCCCCCCCCCCC. The summed E-state index contributed by atoms with van der Waals surface area (Å²) in [4.78, 5) is 72.8. The van der Waals surface area contributed by atoms with E-state index in [0.29, 0.717) is 31.6 Å². The van der Waals surface area contributed by atoms with Crippen LogP contribution in [0.5, 0.6) is 0 Å². The van der Waals surface area contributed by atoms with Crippen molar-refractivity contribution in [1.82, 2.24) is 0 Å². The molecule has 0 spiro atoms. The van der Waals surface area contributed by atoms with Gasteiger partial charge in [0, 0.05) is 25.7 Å². The normalized spacial score (nSPS) is 14.2. The van der Waals surface area contributed by atoms with Crippen molar-refractivity contribution in [3.8, 4) is 0 Å². The van der Waals surface area contributed by atoms with E-state index in [0.717, 1.165) is 102 Å². The van der Waals surface area contributed by atoms with Gasteiger partial charge in [0.1, 0.15) is 19.3 Å². The summed E-state index contributed by atoms with van der Waals surface area (Å²) in [7, 11) is -9.91. The molecule has 0 aromatic carbocycles. The van der Waals surface area contributed by atoms with E-state index < -0.39 is 97.5 Å². The molecule has 3 unspecified atom stereocenters. The van der Waals surface area contributed by atoms with Crippen LogP contribution in [0.1, 0.15) is 408 Å². The maximum Gasteiger partial charge on any atom is 0.472 e. The smallest absolute Gasteiger partial charge is 0.462 e. The molecule has 0 aromatic heterocycles. The lowest BCUT2D eigenvalue weighted by molar-refractivity contribution is -0.161. The predicted molar refractivity (Wildman–Crippen MR) is 395 cm³/mol. The molecular formula is C78H152O17P2. The summed E-state index contributed by atoms with van der Waals surface area (Å²) >= 11 is 0. The van der Waals surface area contributed by atoms with Crippen LogP contribution < -0.4 is 0 Å². The van der Waals surface area contributed by atoms with E-state index in [2.05, 4.69) is 41.5 Å². The van der Waals surface area contributed by atoms with Crippen molar-refractivity contribution in [2.24, 2.45) is 11.8 Å². The summed E-state index contributed by atoms with van der Waals surface area (Å²) in [5.41, 5.74) is 0. The quantitative estimate of drug-likeness (QED) is 0.0222. The first kappa shape index (κ1) is 95.1. The third-order valence-electron chi connectivity index (χ3n) is 18.6. The number of carbonyl (C=O) groups is 4. The topological polar surface area (TPSA) is 237 Å². The first-order valence-corrected chi connectivity index (χ1v) is 43.5. The van der Waals surface area contributed by atoms with Crippen molar-refractivity contribution >= 4 is 39.5 Å². The largest absolute Gasteiger partial charge is 0.472 e. The Kier molecular flexibility index (Phi) is 68.4. The lowest BCUT2D eigenvalue weighted by atomic mass is 9.99.